The number of ketones is 1. The number of anilines is 1. The van der Waals surface area contributed by atoms with Crippen LogP contribution in [0.1, 0.15) is 49.1 Å². The van der Waals surface area contributed by atoms with Crippen LogP contribution in [-0.4, -0.2) is 31.0 Å². The van der Waals surface area contributed by atoms with E-state index >= 15 is 0 Å². The minimum Gasteiger partial charge on any atom is -0.507 e. The van der Waals surface area contributed by atoms with Gasteiger partial charge in [0.05, 0.1) is 31.4 Å². The third-order valence-electron chi connectivity index (χ3n) is 6.51. The summed E-state index contributed by atoms with van der Waals surface area (Å²) in [4.78, 5) is 28.3. The molecule has 0 bridgehead atoms. The predicted octanol–water partition coefficient (Wildman–Crippen LogP) is 5.94. The van der Waals surface area contributed by atoms with E-state index in [1.54, 1.807) is 49.6 Å². The van der Waals surface area contributed by atoms with E-state index in [2.05, 4.69) is 20.8 Å². The first-order valence-corrected chi connectivity index (χ1v) is 11.8. The molecule has 6 nitrogen and oxygen atoms in total. The fourth-order valence-electron chi connectivity index (χ4n) is 4.41. The van der Waals surface area contributed by atoms with Crippen molar-refractivity contribution in [3.8, 4) is 11.5 Å². The lowest BCUT2D eigenvalue weighted by Crippen LogP contribution is -2.29. The average Bonchev–Trinajstić information content (AvgIpc) is 3.13. The Balaban J connectivity index is 1.98. The van der Waals surface area contributed by atoms with Gasteiger partial charge in [-0.05, 0) is 59.9 Å². The molecule has 1 heterocycles. The lowest BCUT2D eigenvalue weighted by atomic mass is 9.85. The number of rotatable bonds is 5. The van der Waals surface area contributed by atoms with Gasteiger partial charge in [0.25, 0.3) is 11.7 Å². The number of carbonyl (C=O) groups excluding carboxylic acids is 2. The highest BCUT2D eigenvalue weighted by atomic mass is 16.5. The van der Waals surface area contributed by atoms with Crippen LogP contribution in [0.3, 0.4) is 0 Å². The third-order valence-corrected chi connectivity index (χ3v) is 6.51. The summed E-state index contributed by atoms with van der Waals surface area (Å²) in [6, 6.07) is 19.2. The van der Waals surface area contributed by atoms with Crippen molar-refractivity contribution in [1.29, 1.82) is 0 Å². The van der Waals surface area contributed by atoms with Crippen LogP contribution in [0, 0.1) is 6.92 Å². The van der Waals surface area contributed by atoms with Crippen molar-refractivity contribution in [2.45, 2.75) is 39.2 Å². The Labute approximate surface area is 211 Å². The standard InChI is InChI=1S/C30H31NO5/c1-18-7-12-21(13-8-18)31-26(19-9-14-22(35-5)15-10-19)25(28(33)29(31)34)27(32)23-17-20(30(2,3)4)11-16-24(23)36-6/h7-17,26,32H,1-6H3/b27-25+. The van der Waals surface area contributed by atoms with Crippen LogP contribution in [0.15, 0.2) is 72.3 Å². The molecule has 1 aliphatic rings. The van der Waals surface area contributed by atoms with Gasteiger partial charge in [0.15, 0.2) is 0 Å². The molecule has 1 fully saturated rings. The molecule has 36 heavy (non-hydrogen) atoms. The number of ether oxygens (including phenoxy) is 2. The van der Waals surface area contributed by atoms with Gasteiger partial charge >= 0.3 is 0 Å². The lowest BCUT2D eigenvalue weighted by Gasteiger charge is -2.26. The summed E-state index contributed by atoms with van der Waals surface area (Å²) >= 11 is 0. The fraction of sp³-hybridized carbons (Fsp3) is 0.267. The zero-order chi connectivity index (χ0) is 26.2. The van der Waals surface area contributed by atoms with Crippen LogP contribution in [0.2, 0.25) is 0 Å². The summed E-state index contributed by atoms with van der Waals surface area (Å²) in [6.45, 7) is 8.14. The smallest absolute Gasteiger partial charge is 0.300 e. The normalized spacial score (nSPS) is 17.4. The minimum absolute atomic E-state index is 0.00935. The quantitative estimate of drug-likeness (QED) is 0.275. The molecule has 186 valence electrons. The van der Waals surface area contributed by atoms with Crippen molar-refractivity contribution >= 4 is 23.1 Å². The van der Waals surface area contributed by atoms with E-state index < -0.39 is 17.7 Å². The van der Waals surface area contributed by atoms with Gasteiger partial charge in [0.2, 0.25) is 0 Å². The van der Waals surface area contributed by atoms with Gasteiger partial charge in [-0.3, -0.25) is 14.5 Å². The molecule has 1 unspecified atom stereocenters. The van der Waals surface area contributed by atoms with Gasteiger partial charge in [-0.2, -0.15) is 0 Å². The van der Waals surface area contributed by atoms with Crippen LogP contribution in [-0.2, 0) is 15.0 Å². The van der Waals surface area contributed by atoms with Gasteiger partial charge in [0, 0.05) is 5.69 Å². The summed E-state index contributed by atoms with van der Waals surface area (Å²) in [7, 11) is 3.08. The van der Waals surface area contributed by atoms with Crippen LogP contribution in [0.5, 0.6) is 11.5 Å². The average molecular weight is 486 g/mol. The number of aryl methyl sites for hydroxylation is 1. The van der Waals surface area contributed by atoms with Crippen molar-refractivity contribution in [2.75, 3.05) is 19.1 Å². The number of benzene rings is 3. The number of hydrogen-bond donors (Lipinski definition) is 1. The number of aliphatic hydroxyl groups excluding tert-OH is 1. The van der Waals surface area contributed by atoms with E-state index in [1.165, 1.54) is 12.0 Å². The maximum absolute atomic E-state index is 13.5. The number of carbonyl (C=O) groups is 2. The molecule has 6 heteroatoms. The molecule has 1 atom stereocenters. The highest BCUT2D eigenvalue weighted by Gasteiger charge is 2.47. The number of methoxy groups -OCH3 is 2. The number of hydrogen-bond acceptors (Lipinski definition) is 5. The second-order valence-corrected chi connectivity index (χ2v) is 9.94. The predicted molar refractivity (Wildman–Crippen MR) is 141 cm³/mol. The molecule has 0 aliphatic carbocycles. The van der Waals surface area contributed by atoms with Crippen LogP contribution >= 0.6 is 0 Å². The third kappa shape index (κ3) is 4.47. The molecule has 4 rings (SSSR count). The van der Waals surface area contributed by atoms with E-state index in [-0.39, 0.29) is 16.7 Å². The Hall–Kier alpha value is -4.06. The summed E-state index contributed by atoms with van der Waals surface area (Å²) < 4.78 is 10.8. The van der Waals surface area contributed by atoms with Crippen molar-refractivity contribution < 1.29 is 24.2 Å². The van der Waals surface area contributed by atoms with Gasteiger partial charge in [-0.1, -0.05) is 56.7 Å². The molecule has 3 aromatic carbocycles. The Morgan fingerprint density at radius 1 is 0.889 bits per heavy atom. The minimum atomic E-state index is -0.832. The van der Waals surface area contributed by atoms with Gasteiger partial charge in [-0.15, -0.1) is 0 Å². The first-order valence-electron chi connectivity index (χ1n) is 11.8. The molecule has 0 radical (unpaired) electrons. The van der Waals surface area contributed by atoms with Crippen LogP contribution in [0.25, 0.3) is 5.76 Å². The van der Waals surface area contributed by atoms with Crippen molar-refractivity contribution in [3.05, 3.63) is 94.6 Å². The lowest BCUT2D eigenvalue weighted by molar-refractivity contribution is -0.132. The topological polar surface area (TPSA) is 76.1 Å². The Bertz CT molecular complexity index is 1330. The highest BCUT2D eigenvalue weighted by Crippen LogP contribution is 2.44. The molecule has 1 saturated heterocycles. The van der Waals surface area contributed by atoms with E-state index in [0.717, 1.165) is 11.1 Å². The molecule has 1 N–H and O–H groups in total. The first-order chi connectivity index (χ1) is 17.1. The van der Waals surface area contributed by atoms with Crippen LogP contribution < -0.4 is 14.4 Å². The van der Waals surface area contributed by atoms with E-state index in [9.17, 15) is 14.7 Å². The molecular weight excluding hydrogens is 454 g/mol. The molecule has 0 saturated carbocycles. The Kier molecular flexibility index (Phi) is 6.63. The highest BCUT2D eigenvalue weighted by molar-refractivity contribution is 6.51. The summed E-state index contributed by atoms with van der Waals surface area (Å²) in [6.07, 6.45) is 0. The fourth-order valence-corrected chi connectivity index (χ4v) is 4.41. The molecule has 1 amide bonds. The Morgan fingerprint density at radius 2 is 1.53 bits per heavy atom. The summed E-state index contributed by atoms with van der Waals surface area (Å²) in [5.74, 6) is -0.669. The largest absolute Gasteiger partial charge is 0.507 e. The number of amides is 1. The van der Waals surface area contributed by atoms with Gasteiger partial charge in [0.1, 0.15) is 17.3 Å². The molecule has 1 aliphatic heterocycles. The van der Waals surface area contributed by atoms with E-state index in [4.69, 9.17) is 9.47 Å². The number of aliphatic hydroxyl groups is 1. The van der Waals surface area contributed by atoms with E-state index in [1.807, 2.05) is 31.2 Å². The monoisotopic (exact) mass is 485 g/mol. The maximum Gasteiger partial charge on any atom is 0.300 e. The number of nitrogens with zero attached hydrogens (tertiary/aromatic N) is 1. The van der Waals surface area contributed by atoms with Crippen LogP contribution in [0.4, 0.5) is 5.69 Å². The molecule has 0 spiro atoms. The second kappa shape index (κ2) is 9.53. The Morgan fingerprint density at radius 3 is 2.08 bits per heavy atom. The molecule has 0 aromatic heterocycles. The SMILES string of the molecule is COc1ccc(C2/C(=C(\O)c3cc(C(C)(C)C)ccc3OC)C(=O)C(=O)N2c2ccc(C)cc2)cc1. The maximum atomic E-state index is 13.5. The summed E-state index contributed by atoms with van der Waals surface area (Å²) in [5.41, 5.74) is 3.39. The zero-order valence-electron chi connectivity index (χ0n) is 21.5. The first kappa shape index (κ1) is 25.0. The van der Waals surface area contributed by atoms with Crippen molar-refractivity contribution in [3.63, 3.8) is 0 Å². The molecular formula is C30H31NO5. The van der Waals surface area contributed by atoms with Crippen molar-refractivity contribution in [2.24, 2.45) is 0 Å². The summed E-state index contributed by atoms with van der Waals surface area (Å²) in [5, 5.41) is 11.6. The van der Waals surface area contributed by atoms with Gasteiger partial charge < -0.3 is 14.6 Å². The molecule has 3 aromatic rings. The van der Waals surface area contributed by atoms with Gasteiger partial charge in [-0.25, -0.2) is 0 Å². The number of Topliss-reactive ketones (excluding diaryl/α,β-unsaturated/α-hetero) is 1. The van der Waals surface area contributed by atoms with E-state index in [0.29, 0.717) is 28.3 Å². The zero-order valence-corrected chi connectivity index (χ0v) is 21.5. The van der Waals surface area contributed by atoms with Crippen molar-refractivity contribution in [1.82, 2.24) is 0 Å². The second-order valence-electron chi connectivity index (χ2n) is 9.94.